The number of hydrogen-bond donors (Lipinski definition) is 1. The molecule has 1 aromatic carbocycles. The summed E-state index contributed by atoms with van der Waals surface area (Å²) in [6, 6.07) is 5.90. The Morgan fingerprint density at radius 1 is 1.19 bits per heavy atom. The predicted molar refractivity (Wildman–Crippen MR) is 118 cm³/mol. The molecule has 32 heavy (non-hydrogen) atoms. The topological polar surface area (TPSA) is 72.3 Å². The Morgan fingerprint density at radius 3 is 2.78 bits per heavy atom. The smallest absolute Gasteiger partial charge is 0.255 e. The lowest BCUT2D eigenvalue weighted by atomic mass is 9.89. The zero-order valence-corrected chi connectivity index (χ0v) is 18.3. The third-order valence-corrected chi connectivity index (χ3v) is 6.26. The van der Waals surface area contributed by atoms with Gasteiger partial charge in [-0.15, -0.1) is 0 Å². The molecule has 2 aliphatic rings. The highest BCUT2D eigenvalue weighted by atomic mass is 19.1. The van der Waals surface area contributed by atoms with E-state index in [-0.39, 0.29) is 11.7 Å². The Labute approximate surface area is 186 Å². The number of nitrogens with one attached hydrogen (secondary N) is 1. The molecule has 3 heterocycles. The van der Waals surface area contributed by atoms with Gasteiger partial charge in [0.2, 0.25) is 5.95 Å². The number of anilines is 1. The fraction of sp³-hybridized carbons (Fsp3) is 0.375. The largest absolute Gasteiger partial charge is 0.492 e. The number of methoxy groups -OCH3 is 1. The molecule has 166 valence electrons. The lowest BCUT2D eigenvalue weighted by molar-refractivity contribution is 0.0726. The maximum Gasteiger partial charge on any atom is 0.255 e. The number of ether oxygens (including phenoxy) is 1. The highest BCUT2D eigenvalue weighted by Gasteiger charge is 2.33. The fourth-order valence-electron chi connectivity index (χ4n) is 4.53. The van der Waals surface area contributed by atoms with Crippen molar-refractivity contribution >= 4 is 11.9 Å². The van der Waals surface area contributed by atoms with E-state index in [1.54, 1.807) is 12.3 Å². The first-order valence-corrected chi connectivity index (χ1v) is 10.9. The number of benzene rings is 1. The predicted octanol–water partition coefficient (Wildman–Crippen LogP) is 3.59. The normalized spacial score (nSPS) is 15.6. The van der Waals surface area contributed by atoms with Crippen LogP contribution in [0.3, 0.4) is 0 Å². The van der Waals surface area contributed by atoms with Gasteiger partial charge in [-0.2, -0.15) is 4.39 Å². The van der Waals surface area contributed by atoms with Gasteiger partial charge in [-0.05, 0) is 59.6 Å². The molecular weight excluding hydrogens is 409 g/mol. The van der Waals surface area contributed by atoms with Crippen molar-refractivity contribution in [2.75, 3.05) is 26.0 Å². The second kappa shape index (κ2) is 8.26. The Balaban J connectivity index is 1.45. The summed E-state index contributed by atoms with van der Waals surface area (Å²) in [5, 5.41) is 3.10. The molecule has 0 unspecified atom stereocenters. The van der Waals surface area contributed by atoms with Gasteiger partial charge in [0, 0.05) is 44.3 Å². The number of fused-ring (bicyclic) bond motifs is 1. The molecule has 3 aromatic rings. The van der Waals surface area contributed by atoms with E-state index >= 15 is 0 Å². The number of carbonyl (C=O) groups is 1. The minimum atomic E-state index is -0.647. The summed E-state index contributed by atoms with van der Waals surface area (Å²) in [7, 11) is 3.26. The molecule has 8 heteroatoms. The van der Waals surface area contributed by atoms with Crippen LogP contribution in [0.15, 0.2) is 36.8 Å². The van der Waals surface area contributed by atoms with Gasteiger partial charge in [-0.1, -0.05) is 6.07 Å². The highest BCUT2D eigenvalue weighted by molar-refractivity contribution is 5.97. The number of halogens is 1. The molecule has 1 aliphatic heterocycles. The number of aromatic nitrogens is 3. The Morgan fingerprint density at radius 2 is 2.03 bits per heavy atom. The lowest BCUT2D eigenvalue weighted by Crippen LogP contribution is -2.37. The van der Waals surface area contributed by atoms with Crippen molar-refractivity contribution in [2.24, 2.45) is 0 Å². The van der Waals surface area contributed by atoms with Gasteiger partial charge < -0.3 is 19.5 Å². The number of imidazole rings is 1. The highest BCUT2D eigenvalue weighted by Crippen LogP contribution is 2.44. The molecule has 1 N–H and O–H groups in total. The first-order valence-electron chi connectivity index (χ1n) is 10.9. The molecule has 1 fully saturated rings. The van der Waals surface area contributed by atoms with Crippen LogP contribution in [-0.2, 0) is 19.5 Å². The van der Waals surface area contributed by atoms with E-state index < -0.39 is 5.95 Å². The summed E-state index contributed by atoms with van der Waals surface area (Å²) < 4.78 is 20.8. The molecule has 0 saturated heterocycles. The molecule has 1 saturated carbocycles. The van der Waals surface area contributed by atoms with Crippen molar-refractivity contribution in [2.45, 2.75) is 38.3 Å². The number of nitrogens with zero attached hydrogens (tertiary/aromatic N) is 4. The molecule has 1 amide bonds. The van der Waals surface area contributed by atoms with Crippen LogP contribution >= 0.6 is 0 Å². The first-order chi connectivity index (χ1) is 15.6. The van der Waals surface area contributed by atoms with Crippen LogP contribution in [0.2, 0.25) is 0 Å². The Bertz CT molecular complexity index is 1170. The Hall–Kier alpha value is -3.42. The molecule has 0 radical (unpaired) electrons. The zero-order valence-electron chi connectivity index (χ0n) is 18.3. The molecule has 0 atom stereocenters. The molecule has 1 aliphatic carbocycles. The van der Waals surface area contributed by atoms with Gasteiger partial charge in [0.1, 0.15) is 0 Å². The lowest BCUT2D eigenvalue weighted by Gasteiger charge is -2.30. The van der Waals surface area contributed by atoms with E-state index in [2.05, 4.69) is 21.4 Å². The molecule has 7 nitrogen and oxygen atoms in total. The van der Waals surface area contributed by atoms with Crippen LogP contribution in [-0.4, -0.2) is 46.0 Å². The summed E-state index contributed by atoms with van der Waals surface area (Å²) in [5.41, 5.74) is 5.13. The maximum absolute atomic E-state index is 13.7. The van der Waals surface area contributed by atoms with E-state index in [1.807, 2.05) is 28.8 Å². The summed E-state index contributed by atoms with van der Waals surface area (Å²) >= 11 is 0. The average molecular weight is 436 g/mol. The van der Waals surface area contributed by atoms with Crippen molar-refractivity contribution < 1.29 is 13.9 Å². The van der Waals surface area contributed by atoms with Crippen LogP contribution in [0.1, 0.15) is 51.4 Å². The summed E-state index contributed by atoms with van der Waals surface area (Å²) in [6.45, 7) is 1.65. The third-order valence-electron chi connectivity index (χ3n) is 6.26. The zero-order chi connectivity index (χ0) is 22.2. The van der Waals surface area contributed by atoms with Crippen LogP contribution in [0.5, 0.6) is 5.75 Å². The van der Waals surface area contributed by atoms with Crippen molar-refractivity contribution in [1.29, 1.82) is 0 Å². The van der Waals surface area contributed by atoms with Crippen molar-refractivity contribution in [3.63, 3.8) is 0 Å². The summed E-state index contributed by atoms with van der Waals surface area (Å²) in [5.74, 6) is 0.802. The van der Waals surface area contributed by atoms with Crippen LogP contribution in [0.25, 0.3) is 0 Å². The van der Waals surface area contributed by atoms with E-state index in [0.29, 0.717) is 25.6 Å². The van der Waals surface area contributed by atoms with Gasteiger partial charge in [0.25, 0.3) is 11.9 Å². The SMILES string of the molecule is CNc1nccn1Cc1cc2c(c(C3CC3)c1)CCN(Cc1cnc(F)c(OC)c1)C2=O. The molecule has 0 spiro atoms. The maximum atomic E-state index is 13.7. The summed E-state index contributed by atoms with van der Waals surface area (Å²) in [6.07, 6.45) is 8.36. The molecular formula is C24H26FN5O2. The molecule has 0 bridgehead atoms. The molecule has 2 aromatic heterocycles. The van der Waals surface area contributed by atoms with Gasteiger partial charge in [-0.3, -0.25) is 4.79 Å². The summed E-state index contributed by atoms with van der Waals surface area (Å²) in [4.78, 5) is 23.4. The fourth-order valence-corrected chi connectivity index (χ4v) is 4.53. The van der Waals surface area contributed by atoms with Crippen LogP contribution in [0.4, 0.5) is 10.3 Å². The van der Waals surface area contributed by atoms with E-state index in [1.165, 1.54) is 37.3 Å². The molecule has 5 rings (SSSR count). The second-order valence-electron chi connectivity index (χ2n) is 8.43. The quantitative estimate of drug-likeness (QED) is 0.574. The van der Waals surface area contributed by atoms with E-state index in [0.717, 1.165) is 29.1 Å². The van der Waals surface area contributed by atoms with Gasteiger partial charge in [0.05, 0.1) is 13.7 Å². The number of rotatable bonds is 7. The van der Waals surface area contributed by atoms with Gasteiger partial charge in [-0.25, -0.2) is 9.97 Å². The minimum absolute atomic E-state index is 0.0118. The van der Waals surface area contributed by atoms with E-state index in [9.17, 15) is 9.18 Å². The van der Waals surface area contributed by atoms with Gasteiger partial charge >= 0.3 is 0 Å². The standard InChI is InChI=1S/C24H26FN5O2/c1-26-24-27-6-8-30(24)13-15-9-19(17-3-4-17)18-5-7-29(23(31)20(18)10-15)14-16-11-21(32-2)22(25)28-12-16/h6,8-12,17H,3-5,7,13-14H2,1-2H3,(H,26,27). The van der Waals surface area contributed by atoms with Crippen molar-refractivity contribution in [1.82, 2.24) is 19.4 Å². The van der Waals surface area contributed by atoms with Crippen LogP contribution < -0.4 is 10.1 Å². The number of carbonyl (C=O) groups excluding carboxylic acids is 1. The average Bonchev–Trinajstić information content (AvgIpc) is 3.55. The third kappa shape index (κ3) is 3.81. The monoisotopic (exact) mass is 435 g/mol. The number of pyridine rings is 1. The van der Waals surface area contributed by atoms with Crippen LogP contribution in [0, 0.1) is 5.95 Å². The second-order valence-corrected chi connectivity index (χ2v) is 8.43. The van der Waals surface area contributed by atoms with Crippen molar-refractivity contribution in [3.8, 4) is 5.75 Å². The first kappa shape index (κ1) is 20.5. The van der Waals surface area contributed by atoms with Gasteiger partial charge in [0.15, 0.2) is 5.75 Å². The van der Waals surface area contributed by atoms with E-state index in [4.69, 9.17) is 4.74 Å². The number of hydrogen-bond acceptors (Lipinski definition) is 5. The Kier molecular flexibility index (Phi) is 5.28. The van der Waals surface area contributed by atoms with Crippen molar-refractivity contribution in [3.05, 3.63) is 70.6 Å². The minimum Gasteiger partial charge on any atom is -0.492 e. The number of amides is 1.